The molecule has 1 N–H and O–H groups in total. The van der Waals surface area contributed by atoms with Gasteiger partial charge in [-0.25, -0.2) is 15.0 Å². The second-order valence-corrected chi connectivity index (χ2v) is 6.37. The van der Waals surface area contributed by atoms with Gasteiger partial charge in [0.1, 0.15) is 11.2 Å². The third kappa shape index (κ3) is 2.77. The van der Waals surface area contributed by atoms with Crippen molar-refractivity contribution in [3.8, 4) is 11.1 Å². The summed E-state index contributed by atoms with van der Waals surface area (Å²) < 4.78 is 1.65. The molecule has 0 bridgehead atoms. The van der Waals surface area contributed by atoms with Crippen LogP contribution in [0.25, 0.3) is 33.3 Å². The molecule has 0 aliphatic carbocycles. The van der Waals surface area contributed by atoms with Crippen LogP contribution in [-0.4, -0.2) is 24.5 Å². The zero-order valence-electron chi connectivity index (χ0n) is 14.3. The second-order valence-electron chi connectivity index (χ2n) is 6.37. The Kier molecular flexibility index (Phi) is 3.53. The van der Waals surface area contributed by atoms with Gasteiger partial charge in [0.15, 0.2) is 5.65 Å². The summed E-state index contributed by atoms with van der Waals surface area (Å²) in [4.78, 5) is 28.4. The molecule has 0 fully saturated rings. The van der Waals surface area contributed by atoms with E-state index in [0.29, 0.717) is 17.7 Å². The lowest BCUT2D eigenvalue weighted by molar-refractivity contribution is 0.775. The highest BCUT2D eigenvalue weighted by Crippen LogP contribution is 2.23. The summed E-state index contributed by atoms with van der Waals surface area (Å²) in [5.74, 6) is 0. The average molecular weight is 353 g/mol. The smallest absolute Gasteiger partial charge is 0.270 e. The van der Waals surface area contributed by atoms with Crippen LogP contribution in [-0.2, 0) is 6.54 Å². The van der Waals surface area contributed by atoms with Crippen molar-refractivity contribution >= 4 is 22.2 Å². The van der Waals surface area contributed by atoms with Crippen molar-refractivity contribution in [2.24, 2.45) is 0 Å². The first-order valence-corrected chi connectivity index (χ1v) is 8.61. The van der Waals surface area contributed by atoms with E-state index in [9.17, 15) is 4.79 Å². The molecule has 130 valence electrons. The van der Waals surface area contributed by atoms with Crippen molar-refractivity contribution in [3.63, 3.8) is 0 Å². The monoisotopic (exact) mass is 353 g/mol. The third-order valence-corrected chi connectivity index (χ3v) is 4.60. The molecule has 1 aromatic carbocycles. The maximum atomic E-state index is 12.4. The molecule has 0 saturated heterocycles. The van der Waals surface area contributed by atoms with Gasteiger partial charge in [-0.05, 0) is 41.5 Å². The number of rotatable bonds is 3. The molecule has 0 amide bonds. The Hall–Kier alpha value is -3.80. The normalized spacial score (nSPS) is 11.3. The Bertz CT molecular complexity index is 1340. The van der Waals surface area contributed by atoms with E-state index in [0.717, 1.165) is 27.7 Å². The minimum absolute atomic E-state index is 0.165. The summed E-state index contributed by atoms with van der Waals surface area (Å²) in [6, 6.07) is 15.9. The maximum absolute atomic E-state index is 12.4. The van der Waals surface area contributed by atoms with Crippen LogP contribution in [0.3, 0.4) is 0 Å². The molecule has 0 aliphatic rings. The fraction of sp³-hybridized carbons (Fsp3) is 0.0476. The van der Waals surface area contributed by atoms with Crippen LogP contribution >= 0.6 is 0 Å². The summed E-state index contributed by atoms with van der Waals surface area (Å²) in [7, 11) is 0. The number of aromatic nitrogens is 5. The largest absolute Gasteiger partial charge is 0.346 e. The Balaban J connectivity index is 1.57. The third-order valence-electron chi connectivity index (χ3n) is 4.60. The van der Waals surface area contributed by atoms with Crippen molar-refractivity contribution in [2.75, 3.05) is 0 Å². The summed E-state index contributed by atoms with van der Waals surface area (Å²) in [5, 5.41) is 1.07. The zero-order chi connectivity index (χ0) is 18.2. The van der Waals surface area contributed by atoms with Gasteiger partial charge in [0.05, 0.1) is 12.7 Å². The molecule has 0 saturated carbocycles. The van der Waals surface area contributed by atoms with Gasteiger partial charge in [0.25, 0.3) is 5.56 Å². The van der Waals surface area contributed by atoms with Crippen LogP contribution in [0.4, 0.5) is 0 Å². The molecule has 27 heavy (non-hydrogen) atoms. The molecule has 4 aromatic heterocycles. The number of nitrogens with one attached hydrogen (secondary N) is 1. The molecule has 5 aromatic rings. The lowest BCUT2D eigenvalue weighted by atomic mass is 10.0. The van der Waals surface area contributed by atoms with Gasteiger partial charge in [-0.3, -0.25) is 9.36 Å². The van der Waals surface area contributed by atoms with Gasteiger partial charge in [-0.1, -0.05) is 18.2 Å². The number of aromatic amines is 1. The number of hydrogen-bond donors (Lipinski definition) is 1. The average Bonchev–Trinajstić information content (AvgIpc) is 3.18. The fourth-order valence-corrected chi connectivity index (χ4v) is 3.28. The first kappa shape index (κ1) is 15.5. The van der Waals surface area contributed by atoms with Crippen LogP contribution in [0, 0.1) is 0 Å². The predicted octanol–water partition coefficient (Wildman–Crippen LogP) is 3.38. The minimum Gasteiger partial charge on any atom is -0.346 e. The van der Waals surface area contributed by atoms with E-state index in [1.165, 1.54) is 6.20 Å². The molecule has 6 heteroatoms. The number of hydrogen-bond acceptors (Lipinski definition) is 4. The topological polar surface area (TPSA) is 76.5 Å². The molecule has 4 heterocycles. The summed E-state index contributed by atoms with van der Waals surface area (Å²) in [6.07, 6.45) is 6.76. The van der Waals surface area contributed by atoms with Gasteiger partial charge >= 0.3 is 0 Å². The number of H-pyrrole nitrogens is 1. The van der Waals surface area contributed by atoms with Gasteiger partial charge in [-0.2, -0.15) is 0 Å². The van der Waals surface area contributed by atoms with Crippen LogP contribution in [0.2, 0.25) is 0 Å². The van der Waals surface area contributed by atoms with E-state index in [4.69, 9.17) is 0 Å². The summed E-state index contributed by atoms with van der Waals surface area (Å²) in [5.41, 5.74) is 5.11. The Morgan fingerprint density at radius 1 is 0.926 bits per heavy atom. The van der Waals surface area contributed by atoms with Crippen LogP contribution in [0.1, 0.15) is 5.56 Å². The lowest BCUT2D eigenvalue weighted by Gasteiger charge is -2.10. The molecule has 5 rings (SSSR count). The van der Waals surface area contributed by atoms with Crippen molar-refractivity contribution in [1.82, 2.24) is 24.5 Å². The predicted molar refractivity (Wildman–Crippen MR) is 104 cm³/mol. The highest BCUT2D eigenvalue weighted by molar-refractivity contribution is 5.81. The highest BCUT2D eigenvalue weighted by atomic mass is 16.1. The Morgan fingerprint density at radius 2 is 1.89 bits per heavy atom. The van der Waals surface area contributed by atoms with E-state index in [1.54, 1.807) is 10.8 Å². The molecule has 6 nitrogen and oxygen atoms in total. The van der Waals surface area contributed by atoms with Crippen LogP contribution in [0.15, 0.2) is 78.1 Å². The van der Waals surface area contributed by atoms with Crippen molar-refractivity contribution in [2.45, 2.75) is 6.54 Å². The Morgan fingerprint density at radius 3 is 2.85 bits per heavy atom. The van der Waals surface area contributed by atoms with Gasteiger partial charge in [0, 0.05) is 29.5 Å². The molecular weight excluding hydrogens is 338 g/mol. The second kappa shape index (κ2) is 6.17. The van der Waals surface area contributed by atoms with E-state index < -0.39 is 0 Å². The zero-order valence-corrected chi connectivity index (χ0v) is 14.3. The molecule has 0 spiro atoms. The number of fused-ring (bicyclic) bond motifs is 2. The van der Waals surface area contributed by atoms with Crippen LogP contribution < -0.4 is 5.56 Å². The van der Waals surface area contributed by atoms with E-state index in [-0.39, 0.29) is 5.56 Å². The fourth-order valence-electron chi connectivity index (χ4n) is 3.28. The van der Waals surface area contributed by atoms with Crippen molar-refractivity contribution < 1.29 is 0 Å². The minimum atomic E-state index is -0.165. The lowest BCUT2D eigenvalue weighted by Crippen LogP contribution is -2.21. The van der Waals surface area contributed by atoms with Crippen LogP contribution in [0.5, 0.6) is 0 Å². The van der Waals surface area contributed by atoms with E-state index >= 15 is 0 Å². The molecule has 0 unspecified atom stereocenters. The van der Waals surface area contributed by atoms with Crippen molar-refractivity contribution in [3.05, 3.63) is 89.2 Å². The van der Waals surface area contributed by atoms with E-state index in [1.807, 2.05) is 48.8 Å². The molecule has 0 radical (unpaired) electrons. The number of pyridine rings is 2. The van der Waals surface area contributed by atoms with E-state index in [2.05, 4.69) is 32.1 Å². The van der Waals surface area contributed by atoms with Gasteiger partial charge < -0.3 is 4.98 Å². The SMILES string of the molecule is O=c1cnc2cccnc2n1Cc1cccc(-c2cnc3[nH]ccc3c2)c1. The summed E-state index contributed by atoms with van der Waals surface area (Å²) >= 11 is 0. The molecular formula is C21H15N5O. The van der Waals surface area contributed by atoms with Gasteiger partial charge in [-0.15, -0.1) is 0 Å². The summed E-state index contributed by atoms with van der Waals surface area (Å²) in [6.45, 7) is 0.433. The highest BCUT2D eigenvalue weighted by Gasteiger charge is 2.08. The maximum Gasteiger partial charge on any atom is 0.270 e. The number of nitrogens with zero attached hydrogens (tertiary/aromatic N) is 4. The molecule has 0 aliphatic heterocycles. The van der Waals surface area contributed by atoms with Gasteiger partial charge in [0.2, 0.25) is 0 Å². The number of benzene rings is 1. The first-order valence-electron chi connectivity index (χ1n) is 8.61. The molecule has 0 atom stereocenters. The quantitative estimate of drug-likeness (QED) is 0.539. The standard InChI is InChI=1S/C21H15N5O/c27-19-12-24-18-5-2-7-23-21(18)26(19)13-14-3-1-4-15(9-14)17-10-16-6-8-22-20(16)25-11-17/h1-12H,13H2,(H,22,25). The van der Waals surface area contributed by atoms with Crippen molar-refractivity contribution in [1.29, 1.82) is 0 Å². The Labute approximate surface area is 154 Å². The first-order chi connectivity index (χ1) is 13.3.